The van der Waals surface area contributed by atoms with Crippen LogP contribution < -0.4 is 10.6 Å². The fraction of sp³-hybridized carbons (Fsp3) is 0.462. The van der Waals surface area contributed by atoms with Crippen LogP contribution in [0.2, 0.25) is 0 Å². The number of halogens is 1. The molecule has 5 heteroatoms. The van der Waals surface area contributed by atoms with Gasteiger partial charge in [0.2, 0.25) is 5.91 Å². The van der Waals surface area contributed by atoms with Crippen molar-refractivity contribution in [3.63, 3.8) is 0 Å². The van der Waals surface area contributed by atoms with E-state index in [2.05, 4.69) is 0 Å². The molecule has 0 radical (unpaired) electrons. The number of carbonyl (C=O) groups is 1. The number of amides is 1. The Bertz CT molecular complexity index is 430. The number of para-hydroxylation sites is 1. The van der Waals surface area contributed by atoms with Crippen LogP contribution in [-0.4, -0.2) is 43.0 Å². The molecule has 1 fully saturated rings. The van der Waals surface area contributed by atoms with Gasteiger partial charge in [-0.15, -0.1) is 0 Å². The third-order valence-corrected chi connectivity index (χ3v) is 3.47. The fourth-order valence-corrected chi connectivity index (χ4v) is 2.24. The highest BCUT2D eigenvalue weighted by atomic mass is 19.1. The summed E-state index contributed by atoms with van der Waals surface area (Å²) in [6.45, 7) is 4.66. The first kappa shape index (κ1) is 12.8. The van der Waals surface area contributed by atoms with Crippen LogP contribution in [0.5, 0.6) is 0 Å². The molecule has 98 valence electrons. The molecule has 1 aromatic carbocycles. The summed E-state index contributed by atoms with van der Waals surface area (Å²) in [6, 6.07) is 6.50. The first-order valence-corrected chi connectivity index (χ1v) is 6.12. The van der Waals surface area contributed by atoms with Crippen molar-refractivity contribution in [3.8, 4) is 0 Å². The van der Waals surface area contributed by atoms with Crippen molar-refractivity contribution in [3.05, 3.63) is 30.1 Å². The Kier molecular flexibility index (Phi) is 3.81. The Hall–Kier alpha value is -1.62. The summed E-state index contributed by atoms with van der Waals surface area (Å²) in [5.41, 5.74) is 5.91. The van der Waals surface area contributed by atoms with Crippen LogP contribution in [0.4, 0.5) is 10.1 Å². The van der Waals surface area contributed by atoms with E-state index in [1.165, 1.54) is 6.07 Å². The Labute approximate surface area is 106 Å². The molecule has 18 heavy (non-hydrogen) atoms. The lowest BCUT2D eigenvalue weighted by molar-refractivity contribution is -0.122. The van der Waals surface area contributed by atoms with Gasteiger partial charge in [0.15, 0.2) is 0 Å². The molecule has 0 saturated carbocycles. The van der Waals surface area contributed by atoms with Crippen LogP contribution in [0, 0.1) is 5.82 Å². The van der Waals surface area contributed by atoms with Crippen molar-refractivity contribution >= 4 is 11.6 Å². The average molecular weight is 251 g/mol. The predicted molar refractivity (Wildman–Crippen MR) is 68.8 cm³/mol. The summed E-state index contributed by atoms with van der Waals surface area (Å²) in [6.07, 6.45) is 0. The molecule has 1 aliphatic rings. The van der Waals surface area contributed by atoms with Gasteiger partial charge in [0.25, 0.3) is 0 Å². The molecule has 2 N–H and O–H groups in total. The second-order valence-corrected chi connectivity index (χ2v) is 4.55. The van der Waals surface area contributed by atoms with E-state index in [9.17, 15) is 9.18 Å². The van der Waals surface area contributed by atoms with Crippen molar-refractivity contribution in [2.75, 3.05) is 31.1 Å². The minimum Gasteiger partial charge on any atom is -0.368 e. The quantitative estimate of drug-likeness (QED) is 0.865. The number of carbonyl (C=O) groups excluding carboxylic acids is 1. The van der Waals surface area contributed by atoms with Crippen LogP contribution in [-0.2, 0) is 4.79 Å². The van der Waals surface area contributed by atoms with Crippen molar-refractivity contribution in [1.82, 2.24) is 4.90 Å². The molecule has 2 rings (SSSR count). The summed E-state index contributed by atoms with van der Waals surface area (Å²) in [5.74, 6) is -0.511. The van der Waals surface area contributed by atoms with Gasteiger partial charge in [-0.25, -0.2) is 4.39 Å². The maximum absolute atomic E-state index is 13.6. The molecule has 1 atom stereocenters. The molecule has 1 aromatic rings. The highest BCUT2D eigenvalue weighted by molar-refractivity contribution is 5.79. The minimum atomic E-state index is -0.311. The normalized spacial score (nSPS) is 18.7. The van der Waals surface area contributed by atoms with Crippen LogP contribution in [0.1, 0.15) is 6.92 Å². The van der Waals surface area contributed by atoms with Gasteiger partial charge in [-0.2, -0.15) is 0 Å². The first-order valence-electron chi connectivity index (χ1n) is 6.12. The van der Waals surface area contributed by atoms with E-state index >= 15 is 0 Å². The van der Waals surface area contributed by atoms with E-state index < -0.39 is 0 Å². The third kappa shape index (κ3) is 2.61. The van der Waals surface area contributed by atoms with Crippen molar-refractivity contribution in [2.45, 2.75) is 13.0 Å². The predicted octanol–water partition coefficient (Wildman–Crippen LogP) is 0.822. The second kappa shape index (κ2) is 5.35. The molecule has 1 saturated heterocycles. The van der Waals surface area contributed by atoms with Gasteiger partial charge in [0.05, 0.1) is 11.7 Å². The van der Waals surface area contributed by atoms with Gasteiger partial charge in [-0.3, -0.25) is 9.69 Å². The zero-order valence-electron chi connectivity index (χ0n) is 10.5. The Morgan fingerprint density at radius 1 is 1.28 bits per heavy atom. The van der Waals surface area contributed by atoms with E-state index in [0.29, 0.717) is 18.8 Å². The summed E-state index contributed by atoms with van der Waals surface area (Å²) >= 11 is 0. The van der Waals surface area contributed by atoms with Crippen LogP contribution in [0.3, 0.4) is 0 Å². The number of benzene rings is 1. The largest absolute Gasteiger partial charge is 0.368 e. The van der Waals surface area contributed by atoms with Crippen LogP contribution in [0.25, 0.3) is 0 Å². The van der Waals surface area contributed by atoms with E-state index in [4.69, 9.17) is 5.73 Å². The van der Waals surface area contributed by atoms with Gasteiger partial charge in [0, 0.05) is 26.2 Å². The van der Waals surface area contributed by atoms with Crippen LogP contribution >= 0.6 is 0 Å². The van der Waals surface area contributed by atoms with Gasteiger partial charge in [0.1, 0.15) is 5.82 Å². The lowest BCUT2D eigenvalue weighted by atomic mass is 10.2. The van der Waals surface area contributed by atoms with E-state index in [-0.39, 0.29) is 17.8 Å². The molecule has 1 aliphatic heterocycles. The summed E-state index contributed by atoms with van der Waals surface area (Å²) in [7, 11) is 0. The summed E-state index contributed by atoms with van der Waals surface area (Å²) in [4.78, 5) is 15.1. The number of anilines is 1. The van der Waals surface area contributed by atoms with Gasteiger partial charge in [-0.1, -0.05) is 12.1 Å². The molecule has 1 amide bonds. The highest BCUT2D eigenvalue weighted by Crippen LogP contribution is 2.20. The number of hydrogen-bond acceptors (Lipinski definition) is 3. The standard InChI is InChI=1S/C13H18FN3O/c1-10(13(15)18)16-6-8-17(9-7-16)12-5-3-2-4-11(12)14/h2-5,10H,6-9H2,1H3,(H2,15,18)/t10-/m1/s1. The Balaban J connectivity index is 1.99. The fourth-order valence-electron chi connectivity index (χ4n) is 2.24. The lowest BCUT2D eigenvalue weighted by Gasteiger charge is -2.38. The van der Waals surface area contributed by atoms with E-state index in [1.54, 1.807) is 19.1 Å². The Morgan fingerprint density at radius 2 is 1.89 bits per heavy atom. The van der Waals surface area contributed by atoms with Crippen molar-refractivity contribution in [1.29, 1.82) is 0 Å². The minimum absolute atomic E-state index is 0.200. The van der Waals surface area contributed by atoms with E-state index in [0.717, 1.165) is 13.1 Å². The average Bonchev–Trinajstić information content (AvgIpc) is 2.38. The zero-order chi connectivity index (χ0) is 13.1. The molecule has 0 spiro atoms. The van der Waals surface area contributed by atoms with Crippen molar-refractivity contribution < 1.29 is 9.18 Å². The van der Waals surface area contributed by atoms with Gasteiger partial charge < -0.3 is 10.6 Å². The number of hydrogen-bond donors (Lipinski definition) is 1. The van der Waals surface area contributed by atoms with Gasteiger partial charge in [-0.05, 0) is 19.1 Å². The first-order chi connectivity index (χ1) is 8.59. The molecule has 0 aromatic heterocycles. The number of piperazine rings is 1. The molecule has 0 unspecified atom stereocenters. The SMILES string of the molecule is C[C@H](C(N)=O)N1CCN(c2ccccc2F)CC1. The van der Waals surface area contributed by atoms with Gasteiger partial charge >= 0.3 is 0 Å². The maximum atomic E-state index is 13.6. The summed E-state index contributed by atoms with van der Waals surface area (Å²) in [5, 5.41) is 0. The number of nitrogens with zero attached hydrogens (tertiary/aromatic N) is 2. The maximum Gasteiger partial charge on any atom is 0.234 e. The topological polar surface area (TPSA) is 49.6 Å². The second-order valence-electron chi connectivity index (χ2n) is 4.55. The summed E-state index contributed by atoms with van der Waals surface area (Å²) < 4.78 is 13.6. The Morgan fingerprint density at radius 3 is 2.44 bits per heavy atom. The third-order valence-electron chi connectivity index (χ3n) is 3.47. The van der Waals surface area contributed by atoms with E-state index in [1.807, 2.05) is 15.9 Å². The molecular weight excluding hydrogens is 233 g/mol. The number of primary amides is 1. The molecular formula is C13H18FN3O. The molecule has 1 heterocycles. The molecule has 0 aliphatic carbocycles. The molecule has 4 nitrogen and oxygen atoms in total. The smallest absolute Gasteiger partial charge is 0.234 e. The monoisotopic (exact) mass is 251 g/mol. The zero-order valence-corrected chi connectivity index (χ0v) is 10.5. The molecule has 0 bridgehead atoms. The number of nitrogens with two attached hydrogens (primary N) is 1. The highest BCUT2D eigenvalue weighted by Gasteiger charge is 2.24. The lowest BCUT2D eigenvalue weighted by Crippen LogP contribution is -2.53. The van der Waals surface area contributed by atoms with Crippen LogP contribution in [0.15, 0.2) is 24.3 Å². The number of rotatable bonds is 3. The van der Waals surface area contributed by atoms with Crippen molar-refractivity contribution in [2.24, 2.45) is 5.73 Å².